The van der Waals surface area contributed by atoms with Gasteiger partial charge in [-0.25, -0.2) is 0 Å². The second-order valence-electron chi connectivity index (χ2n) is 6.12. The van der Waals surface area contributed by atoms with Gasteiger partial charge in [0.1, 0.15) is 0 Å². The first kappa shape index (κ1) is 18.0. The molecule has 0 aliphatic rings. The zero-order chi connectivity index (χ0) is 17.5. The molecule has 0 radical (unpaired) electrons. The minimum atomic E-state index is -0.114. The van der Waals surface area contributed by atoms with E-state index in [2.05, 4.69) is 35.1 Å². The molecular weight excluding hydrogens is 298 g/mol. The fourth-order valence-electron chi connectivity index (χ4n) is 2.67. The molecule has 24 heavy (non-hydrogen) atoms. The lowest BCUT2D eigenvalue weighted by atomic mass is 10.1. The van der Waals surface area contributed by atoms with Crippen LogP contribution in [0.5, 0.6) is 0 Å². The average molecular weight is 325 g/mol. The van der Waals surface area contributed by atoms with Crippen molar-refractivity contribution in [3.8, 4) is 0 Å². The lowest BCUT2D eigenvalue weighted by Gasteiger charge is -2.19. The number of rotatable bonds is 7. The first-order valence-corrected chi connectivity index (χ1v) is 8.62. The zero-order valence-corrected chi connectivity index (χ0v) is 15.1. The Kier molecular flexibility index (Phi) is 6.36. The molecule has 0 spiro atoms. The summed E-state index contributed by atoms with van der Waals surface area (Å²) in [5.41, 5.74) is 4.69. The average Bonchev–Trinajstić information content (AvgIpc) is 2.61. The zero-order valence-electron chi connectivity index (χ0n) is 15.1. The largest absolute Gasteiger partial charge is 0.373 e. The van der Waals surface area contributed by atoms with Crippen molar-refractivity contribution in [2.45, 2.75) is 40.0 Å². The molecule has 0 bridgehead atoms. The molecule has 0 unspecified atom stereocenters. The summed E-state index contributed by atoms with van der Waals surface area (Å²) >= 11 is 0. The number of carbonyl (C=O) groups excluding carboxylic acids is 1. The van der Waals surface area contributed by atoms with Crippen molar-refractivity contribution >= 4 is 17.3 Å². The van der Waals surface area contributed by atoms with E-state index in [1.165, 1.54) is 0 Å². The quantitative estimate of drug-likeness (QED) is 0.818. The van der Waals surface area contributed by atoms with Crippen molar-refractivity contribution in [1.82, 2.24) is 4.98 Å². The van der Waals surface area contributed by atoms with Gasteiger partial charge in [0.05, 0.1) is 17.4 Å². The number of benzene rings is 1. The first-order chi connectivity index (χ1) is 11.6. The molecule has 0 saturated heterocycles. The second-order valence-corrected chi connectivity index (χ2v) is 6.12. The van der Waals surface area contributed by atoms with Crippen molar-refractivity contribution in [2.75, 3.05) is 23.8 Å². The molecule has 0 saturated carbocycles. The molecule has 1 heterocycles. The number of nitrogens with zero attached hydrogens (tertiary/aromatic N) is 2. The predicted octanol–water partition coefficient (Wildman–Crippen LogP) is 4.44. The Morgan fingerprint density at radius 2 is 2.04 bits per heavy atom. The monoisotopic (exact) mass is 325 g/mol. The molecule has 4 heteroatoms. The minimum absolute atomic E-state index is 0.114. The van der Waals surface area contributed by atoms with Crippen LogP contribution in [0.1, 0.15) is 48.2 Å². The lowest BCUT2D eigenvalue weighted by Crippen LogP contribution is -2.20. The number of aryl methyl sites for hydroxylation is 2. The number of nitrogens with one attached hydrogen (secondary N) is 1. The van der Waals surface area contributed by atoms with E-state index in [1.807, 2.05) is 32.2 Å². The van der Waals surface area contributed by atoms with E-state index in [0.717, 1.165) is 48.3 Å². The first-order valence-electron chi connectivity index (χ1n) is 8.62. The van der Waals surface area contributed by atoms with Crippen molar-refractivity contribution in [3.05, 3.63) is 53.3 Å². The van der Waals surface area contributed by atoms with Crippen LogP contribution in [0.3, 0.4) is 0 Å². The van der Waals surface area contributed by atoms with E-state index in [9.17, 15) is 4.79 Å². The van der Waals surface area contributed by atoms with Crippen LogP contribution in [0.15, 0.2) is 36.7 Å². The molecular formula is C20H27N3O. The topological polar surface area (TPSA) is 45.2 Å². The van der Waals surface area contributed by atoms with Gasteiger partial charge in [-0.05, 0) is 37.0 Å². The molecule has 0 aliphatic carbocycles. The summed E-state index contributed by atoms with van der Waals surface area (Å²) in [6.07, 6.45) is 6.57. The standard InChI is InChI=1S/C20H27N3O/c1-5-7-11-23(4)18-12-17(13-21-14-18)20(24)22-19-15(3)9-8-10-16(19)6-2/h8-10,12-14H,5-7,11H2,1-4H3,(H,22,24). The number of anilines is 2. The van der Waals surface area contributed by atoms with Crippen LogP contribution in [0.4, 0.5) is 11.4 Å². The Labute approximate surface area is 144 Å². The van der Waals surface area contributed by atoms with E-state index >= 15 is 0 Å². The summed E-state index contributed by atoms with van der Waals surface area (Å²) in [5.74, 6) is -0.114. The molecule has 0 fully saturated rings. The Hall–Kier alpha value is -2.36. The van der Waals surface area contributed by atoms with Crippen LogP contribution in [-0.2, 0) is 6.42 Å². The third-order valence-corrected chi connectivity index (χ3v) is 4.25. The fourth-order valence-corrected chi connectivity index (χ4v) is 2.67. The fraction of sp³-hybridized carbons (Fsp3) is 0.400. The summed E-state index contributed by atoms with van der Waals surface area (Å²) in [6.45, 7) is 7.24. The number of para-hydroxylation sites is 1. The number of carbonyl (C=O) groups is 1. The highest BCUT2D eigenvalue weighted by Crippen LogP contribution is 2.22. The van der Waals surface area contributed by atoms with Crippen LogP contribution in [0, 0.1) is 6.92 Å². The number of hydrogen-bond acceptors (Lipinski definition) is 3. The molecule has 2 aromatic rings. The van der Waals surface area contributed by atoms with Crippen LogP contribution < -0.4 is 10.2 Å². The highest BCUT2D eigenvalue weighted by Gasteiger charge is 2.12. The number of amides is 1. The Bertz CT molecular complexity index is 697. The number of aromatic nitrogens is 1. The van der Waals surface area contributed by atoms with Gasteiger partial charge in [-0.15, -0.1) is 0 Å². The number of unbranched alkanes of at least 4 members (excludes halogenated alkanes) is 1. The molecule has 128 valence electrons. The Morgan fingerprint density at radius 1 is 1.25 bits per heavy atom. The highest BCUT2D eigenvalue weighted by atomic mass is 16.1. The summed E-state index contributed by atoms with van der Waals surface area (Å²) in [6, 6.07) is 7.99. The van der Waals surface area contributed by atoms with E-state index in [-0.39, 0.29) is 5.91 Å². The Balaban J connectivity index is 2.19. The van der Waals surface area contributed by atoms with Crippen molar-refractivity contribution in [2.24, 2.45) is 0 Å². The van der Waals surface area contributed by atoms with Crippen LogP contribution >= 0.6 is 0 Å². The van der Waals surface area contributed by atoms with E-state index in [0.29, 0.717) is 5.56 Å². The minimum Gasteiger partial charge on any atom is -0.373 e. The molecule has 1 amide bonds. The maximum absolute atomic E-state index is 12.7. The van der Waals surface area contributed by atoms with Crippen molar-refractivity contribution < 1.29 is 4.79 Å². The van der Waals surface area contributed by atoms with Crippen LogP contribution in [0.2, 0.25) is 0 Å². The van der Waals surface area contributed by atoms with Gasteiger partial charge in [-0.2, -0.15) is 0 Å². The normalized spacial score (nSPS) is 10.5. The third-order valence-electron chi connectivity index (χ3n) is 4.25. The number of pyridine rings is 1. The molecule has 1 N–H and O–H groups in total. The summed E-state index contributed by atoms with van der Waals surface area (Å²) < 4.78 is 0. The molecule has 1 aromatic carbocycles. The van der Waals surface area contributed by atoms with E-state index in [1.54, 1.807) is 12.4 Å². The molecule has 0 aliphatic heterocycles. The smallest absolute Gasteiger partial charge is 0.257 e. The Morgan fingerprint density at radius 3 is 2.75 bits per heavy atom. The van der Waals surface area contributed by atoms with Gasteiger partial charge >= 0.3 is 0 Å². The molecule has 4 nitrogen and oxygen atoms in total. The maximum atomic E-state index is 12.7. The summed E-state index contributed by atoms with van der Waals surface area (Å²) in [7, 11) is 2.03. The van der Waals surface area contributed by atoms with Gasteiger partial charge in [-0.1, -0.05) is 38.5 Å². The number of hydrogen-bond donors (Lipinski definition) is 1. The predicted molar refractivity (Wildman–Crippen MR) is 101 cm³/mol. The third kappa shape index (κ3) is 4.34. The summed E-state index contributed by atoms with van der Waals surface area (Å²) in [5, 5.41) is 3.06. The van der Waals surface area contributed by atoms with Gasteiger partial charge in [0.25, 0.3) is 5.91 Å². The van der Waals surface area contributed by atoms with E-state index < -0.39 is 0 Å². The van der Waals surface area contributed by atoms with Crippen LogP contribution in [-0.4, -0.2) is 24.5 Å². The maximum Gasteiger partial charge on any atom is 0.257 e. The van der Waals surface area contributed by atoms with Gasteiger partial charge in [0.2, 0.25) is 0 Å². The van der Waals surface area contributed by atoms with Gasteiger partial charge < -0.3 is 10.2 Å². The van der Waals surface area contributed by atoms with Crippen molar-refractivity contribution in [3.63, 3.8) is 0 Å². The highest BCUT2D eigenvalue weighted by molar-refractivity contribution is 6.05. The van der Waals surface area contributed by atoms with E-state index in [4.69, 9.17) is 0 Å². The molecule has 0 atom stereocenters. The van der Waals surface area contributed by atoms with Crippen LogP contribution in [0.25, 0.3) is 0 Å². The SMILES string of the molecule is CCCCN(C)c1cncc(C(=O)Nc2c(C)cccc2CC)c1. The van der Waals surface area contributed by atoms with Crippen molar-refractivity contribution in [1.29, 1.82) is 0 Å². The molecule has 2 rings (SSSR count). The van der Waals surface area contributed by atoms with Gasteiger partial charge in [0.15, 0.2) is 0 Å². The van der Waals surface area contributed by atoms with Gasteiger partial charge in [0, 0.05) is 25.5 Å². The second kappa shape index (κ2) is 8.48. The lowest BCUT2D eigenvalue weighted by molar-refractivity contribution is 0.102. The summed E-state index contributed by atoms with van der Waals surface area (Å²) in [4.78, 5) is 19.0. The molecule has 1 aromatic heterocycles. The van der Waals surface area contributed by atoms with Gasteiger partial charge in [-0.3, -0.25) is 9.78 Å².